The molecule has 0 bridgehead atoms. The third kappa shape index (κ3) is 3.74. The van der Waals surface area contributed by atoms with E-state index in [0.717, 1.165) is 12.1 Å². The van der Waals surface area contributed by atoms with Crippen LogP contribution in [0, 0.1) is 11.3 Å². The maximum Gasteiger partial charge on any atom is 0.337 e. The van der Waals surface area contributed by atoms with Crippen molar-refractivity contribution in [2.75, 3.05) is 4.72 Å². The second-order valence-corrected chi connectivity index (χ2v) is 6.84. The Morgan fingerprint density at radius 2 is 1.91 bits per heavy atom. The average Bonchev–Trinajstić information content (AvgIpc) is 2.49. The summed E-state index contributed by atoms with van der Waals surface area (Å²) in [6.07, 6.45) is 0. The summed E-state index contributed by atoms with van der Waals surface area (Å²) in [5.74, 6) is -1.40. The van der Waals surface area contributed by atoms with Crippen molar-refractivity contribution in [1.29, 1.82) is 5.26 Å². The molecule has 0 saturated heterocycles. The predicted octanol–water partition coefficient (Wildman–Crippen LogP) is 3.36. The highest BCUT2D eigenvalue weighted by Gasteiger charge is 2.21. The first-order valence-electron chi connectivity index (χ1n) is 6.00. The highest BCUT2D eigenvalue weighted by Crippen LogP contribution is 2.30. The van der Waals surface area contributed by atoms with Gasteiger partial charge >= 0.3 is 5.97 Å². The molecular weight excluding hydrogens is 363 g/mol. The zero-order valence-corrected chi connectivity index (χ0v) is 13.6. The fraction of sp³-hybridized carbons (Fsp3) is 0. The number of anilines is 1. The van der Waals surface area contributed by atoms with Gasteiger partial charge < -0.3 is 5.11 Å². The Balaban J connectivity index is 2.48. The van der Waals surface area contributed by atoms with E-state index in [9.17, 15) is 13.2 Å². The Kier molecular flexibility index (Phi) is 4.80. The summed E-state index contributed by atoms with van der Waals surface area (Å²) in [5, 5.41) is 17.4. The normalized spacial score (nSPS) is 10.8. The van der Waals surface area contributed by atoms with Gasteiger partial charge in [-0.3, -0.25) is 4.72 Å². The van der Waals surface area contributed by atoms with E-state index < -0.39 is 21.6 Å². The molecule has 0 amide bonds. The smallest absolute Gasteiger partial charge is 0.337 e. The van der Waals surface area contributed by atoms with E-state index in [1.54, 1.807) is 0 Å². The van der Waals surface area contributed by atoms with Gasteiger partial charge in [0.15, 0.2) is 0 Å². The van der Waals surface area contributed by atoms with Gasteiger partial charge in [0.2, 0.25) is 0 Å². The van der Waals surface area contributed by atoms with Crippen molar-refractivity contribution in [3.8, 4) is 6.07 Å². The third-order valence-electron chi connectivity index (χ3n) is 2.79. The van der Waals surface area contributed by atoms with E-state index in [2.05, 4.69) is 4.72 Å². The molecule has 0 unspecified atom stereocenters. The number of sulfonamides is 1. The molecule has 2 aromatic rings. The molecule has 0 aliphatic rings. The van der Waals surface area contributed by atoms with E-state index in [1.165, 1.54) is 24.3 Å². The second-order valence-electron chi connectivity index (χ2n) is 4.37. The van der Waals surface area contributed by atoms with E-state index in [1.807, 2.05) is 6.07 Å². The topological polar surface area (TPSA) is 107 Å². The first-order chi connectivity index (χ1) is 10.7. The van der Waals surface area contributed by atoms with Crippen LogP contribution in [0.2, 0.25) is 10.0 Å². The molecule has 9 heteroatoms. The molecule has 0 aromatic heterocycles. The largest absolute Gasteiger partial charge is 0.478 e. The Morgan fingerprint density at radius 3 is 2.52 bits per heavy atom. The number of aromatic carboxylic acids is 1. The van der Waals surface area contributed by atoms with Crippen molar-refractivity contribution in [2.24, 2.45) is 0 Å². The fourth-order valence-corrected chi connectivity index (χ4v) is 3.32. The summed E-state index contributed by atoms with van der Waals surface area (Å²) in [4.78, 5) is 10.7. The van der Waals surface area contributed by atoms with Gasteiger partial charge in [-0.25, -0.2) is 13.2 Å². The van der Waals surface area contributed by atoms with Gasteiger partial charge in [0.25, 0.3) is 10.0 Å². The van der Waals surface area contributed by atoms with Crippen molar-refractivity contribution < 1.29 is 18.3 Å². The Morgan fingerprint density at radius 1 is 1.22 bits per heavy atom. The van der Waals surface area contributed by atoms with Crippen LogP contribution in [0.25, 0.3) is 0 Å². The number of carboxylic acids is 1. The number of carboxylic acid groups (broad SMARTS) is 1. The van der Waals surface area contributed by atoms with Crippen molar-refractivity contribution in [3.05, 3.63) is 57.6 Å². The van der Waals surface area contributed by atoms with Crippen LogP contribution in [0.5, 0.6) is 0 Å². The van der Waals surface area contributed by atoms with Gasteiger partial charge in [0, 0.05) is 0 Å². The molecular formula is C14H8Cl2N2O4S. The monoisotopic (exact) mass is 370 g/mol. The fourth-order valence-electron chi connectivity index (χ4n) is 1.74. The number of hydrogen-bond acceptors (Lipinski definition) is 4. The van der Waals surface area contributed by atoms with Crippen LogP contribution in [-0.2, 0) is 10.0 Å². The van der Waals surface area contributed by atoms with Crippen molar-refractivity contribution in [2.45, 2.75) is 4.90 Å². The van der Waals surface area contributed by atoms with Crippen LogP contribution in [-0.4, -0.2) is 19.5 Å². The molecule has 0 aliphatic heterocycles. The number of benzene rings is 2. The van der Waals surface area contributed by atoms with E-state index in [-0.39, 0.29) is 26.2 Å². The van der Waals surface area contributed by atoms with Crippen LogP contribution >= 0.6 is 23.2 Å². The first kappa shape index (κ1) is 17.1. The molecule has 0 radical (unpaired) electrons. The lowest BCUT2D eigenvalue weighted by molar-refractivity contribution is 0.0697. The molecule has 23 heavy (non-hydrogen) atoms. The lowest BCUT2D eigenvalue weighted by atomic mass is 10.2. The van der Waals surface area contributed by atoms with Crippen molar-refractivity contribution >= 4 is 44.9 Å². The van der Waals surface area contributed by atoms with Gasteiger partial charge in [-0.1, -0.05) is 29.3 Å². The van der Waals surface area contributed by atoms with Gasteiger partial charge in [-0.05, 0) is 30.3 Å². The molecule has 0 spiro atoms. The maximum absolute atomic E-state index is 12.4. The number of rotatable bonds is 4. The first-order valence-corrected chi connectivity index (χ1v) is 8.24. The summed E-state index contributed by atoms with van der Waals surface area (Å²) < 4.78 is 27.0. The summed E-state index contributed by atoms with van der Waals surface area (Å²) in [7, 11) is -4.10. The summed E-state index contributed by atoms with van der Waals surface area (Å²) in [6.45, 7) is 0. The lowest BCUT2D eigenvalue weighted by Gasteiger charge is -2.10. The molecule has 0 heterocycles. The van der Waals surface area contributed by atoms with Gasteiger partial charge in [-0.2, -0.15) is 5.26 Å². The maximum atomic E-state index is 12.4. The van der Waals surface area contributed by atoms with E-state index in [0.29, 0.717) is 0 Å². The highest BCUT2D eigenvalue weighted by molar-refractivity contribution is 7.92. The predicted molar refractivity (Wildman–Crippen MR) is 85.4 cm³/mol. The standard InChI is InChI=1S/C14H8Cl2N2O4S/c15-12-6-10(5-11(13(12)16)14(19)20)23(21,22)18-9-3-1-2-8(4-9)7-17/h1-6,18H,(H,19,20). The molecule has 0 aliphatic carbocycles. The number of nitriles is 1. The van der Waals surface area contributed by atoms with Gasteiger partial charge in [0.1, 0.15) is 0 Å². The highest BCUT2D eigenvalue weighted by atomic mass is 35.5. The SMILES string of the molecule is N#Cc1cccc(NS(=O)(=O)c2cc(Cl)c(Cl)c(C(=O)O)c2)c1. The molecule has 0 saturated carbocycles. The molecule has 0 atom stereocenters. The Hall–Kier alpha value is -2.27. The molecule has 2 N–H and O–H groups in total. The number of halogens is 2. The number of carbonyl (C=O) groups is 1. The van der Waals surface area contributed by atoms with Crippen LogP contribution in [0.3, 0.4) is 0 Å². The van der Waals surface area contributed by atoms with Crippen LogP contribution in [0.15, 0.2) is 41.3 Å². The number of nitrogens with zero attached hydrogens (tertiary/aromatic N) is 1. The molecule has 0 fully saturated rings. The van der Waals surface area contributed by atoms with Gasteiger partial charge in [-0.15, -0.1) is 0 Å². The third-order valence-corrected chi connectivity index (χ3v) is 4.95. The van der Waals surface area contributed by atoms with E-state index >= 15 is 0 Å². The quantitative estimate of drug-likeness (QED) is 0.857. The van der Waals surface area contributed by atoms with Crippen LogP contribution < -0.4 is 4.72 Å². The number of nitrogens with one attached hydrogen (secondary N) is 1. The van der Waals surface area contributed by atoms with Crippen LogP contribution in [0.4, 0.5) is 5.69 Å². The van der Waals surface area contributed by atoms with Crippen LogP contribution in [0.1, 0.15) is 15.9 Å². The summed E-state index contributed by atoms with van der Waals surface area (Å²) in [5.41, 5.74) is 0.00267. The van der Waals surface area contributed by atoms with Crippen molar-refractivity contribution in [3.63, 3.8) is 0 Å². The lowest BCUT2D eigenvalue weighted by Crippen LogP contribution is -2.14. The minimum atomic E-state index is -4.10. The molecule has 118 valence electrons. The summed E-state index contributed by atoms with van der Waals surface area (Å²) in [6, 6.07) is 9.65. The molecule has 2 rings (SSSR count). The zero-order chi connectivity index (χ0) is 17.2. The second kappa shape index (κ2) is 6.46. The van der Waals surface area contributed by atoms with E-state index in [4.69, 9.17) is 33.6 Å². The Labute approximate surface area is 141 Å². The van der Waals surface area contributed by atoms with Crippen molar-refractivity contribution in [1.82, 2.24) is 0 Å². The van der Waals surface area contributed by atoms with Gasteiger partial charge in [0.05, 0.1) is 37.8 Å². The zero-order valence-electron chi connectivity index (χ0n) is 11.2. The molecule has 6 nitrogen and oxygen atoms in total. The average molecular weight is 371 g/mol. The minimum Gasteiger partial charge on any atom is -0.478 e. The number of hydrogen-bond donors (Lipinski definition) is 2. The molecule has 2 aromatic carbocycles. The Bertz CT molecular complexity index is 936. The summed E-state index contributed by atoms with van der Waals surface area (Å²) >= 11 is 11.5. The minimum absolute atomic E-state index is 0.159.